The van der Waals surface area contributed by atoms with Gasteiger partial charge in [-0.15, -0.1) is 0 Å². The minimum Gasteiger partial charge on any atom is -0.383 e. The Hall–Kier alpha value is -4.32. The number of ketones is 1. The number of carbonyl (C=O) groups excluding carboxylic acids is 1. The molecule has 0 atom stereocenters. The van der Waals surface area contributed by atoms with Crippen molar-refractivity contribution < 1.29 is 4.79 Å². The first-order valence-corrected chi connectivity index (χ1v) is 10.3. The van der Waals surface area contributed by atoms with Crippen molar-refractivity contribution >= 4 is 22.8 Å². The third-order valence-corrected chi connectivity index (χ3v) is 5.47. The number of hydrogen-bond donors (Lipinski definition) is 1. The monoisotopic (exact) mass is 419 g/mol. The lowest BCUT2D eigenvalue weighted by Crippen LogP contribution is -2.02. The second-order valence-corrected chi connectivity index (χ2v) is 7.65. The molecule has 2 aromatic carbocycles. The molecule has 0 unspecified atom stereocenters. The van der Waals surface area contributed by atoms with Crippen LogP contribution in [0.15, 0.2) is 79.0 Å². The Kier molecular flexibility index (Phi) is 4.75. The molecule has 0 spiro atoms. The molecule has 0 bridgehead atoms. The predicted molar refractivity (Wildman–Crippen MR) is 127 cm³/mol. The van der Waals surface area contributed by atoms with Gasteiger partial charge in [-0.2, -0.15) is 0 Å². The first-order valence-electron chi connectivity index (χ1n) is 10.3. The molecule has 156 valence electrons. The normalized spacial score (nSPS) is 11.1. The highest BCUT2D eigenvalue weighted by Crippen LogP contribution is 2.32. The van der Waals surface area contributed by atoms with Crippen molar-refractivity contribution in [2.24, 2.45) is 0 Å². The largest absolute Gasteiger partial charge is 0.383 e. The molecule has 32 heavy (non-hydrogen) atoms. The molecular formula is C26H21N5O. The van der Waals surface area contributed by atoms with Crippen molar-refractivity contribution in [2.45, 2.75) is 13.8 Å². The quantitative estimate of drug-likeness (QED) is 0.403. The maximum absolute atomic E-state index is 12.1. The number of nitrogen functional groups attached to an aromatic ring is 1. The minimum atomic E-state index is 0.0410. The van der Waals surface area contributed by atoms with E-state index in [0.29, 0.717) is 17.2 Å². The highest BCUT2D eigenvalue weighted by atomic mass is 16.1. The number of carbonyl (C=O) groups is 1. The lowest BCUT2D eigenvalue weighted by Gasteiger charge is -2.12. The molecule has 0 fully saturated rings. The molecule has 0 saturated heterocycles. The molecule has 3 aromatic heterocycles. The number of imidazole rings is 1. The van der Waals surface area contributed by atoms with Crippen LogP contribution >= 0.6 is 0 Å². The number of rotatable bonds is 4. The van der Waals surface area contributed by atoms with Gasteiger partial charge in [0.25, 0.3) is 0 Å². The minimum absolute atomic E-state index is 0.0410. The van der Waals surface area contributed by atoms with E-state index in [2.05, 4.69) is 4.98 Å². The number of nitrogens with zero attached hydrogens (tertiary/aromatic N) is 4. The van der Waals surface area contributed by atoms with Crippen LogP contribution in [0.5, 0.6) is 0 Å². The zero-order chi connectivity index (χ0) is 22.2. The van der Waals surface area contributed by atoms with Gasteiger partial charge in [-0.1, -0.05) is 36.4 Å². The summed E-state index contributed by atoms with van der Waals surface area (Å²) in [5.74, 6) is 1.13. The molecule has 0 aliphatic carbocycles. The number of nitrogens with two attached hydrogens (primary N) is 1. The molecule has 3 heterocycles. The zero-order valence-electron chi connectivity index (χ0n) is 17.8. The summed E-state index contributed by atoms with van der Waals surface area (Å²) in [6.07, 6.45) is 1.66. The third kappa shape index (κ3) is 3.32. The van der Waals surface area contributed by atoms with Crippen molar-refractivity contribution in [3.63, 3.8) is 0 Å². The van der Waals surface area contributed by atoms with Crippen molar-refractivity contribution in [3.8, 4) is 28.2 Å². The Balaban J connectivity index is 1.70. The Morgan fingerprint density at radius 3 is 2.38 bits per heavy atom. The van der Waals surface area contributed by atoms with E-state index in [1.165, 1.54) is 0 Å². The van der Waals surface area contributed by atoms with Crippen molar-refractivity contribution in [3.05, 3.63) is 90.3 Å². The Morgan fingerprint density at radius 1 is 0.875 bits per heavy atom. The van der Waals surface area contributed by atoms with Crippen molar-refractivity contribution in [1.82, 2.24) is 19.5 Å². The molecule has 5 rings (SSSR count). The third-order valence-electron chi connectivity index (χ3n) is 5.47. The smallest absolute Gasteiger partial charge is 0.165 e. The number of hydrogen-bond acceptors (Lipinski definition) is 5. The van der Waals surface area contributed by atoms with Crippen LogP contribution < -0.4 is 5.73 Å². The summed E-state index contributed by atoms with van der Waals surface area (Å²) >= 11 is 0. The molecule has 0 radical (unpaired) electrons. The molecule has 6 heteroatoms. The van der Waals surface area contributed by atoms with Gasteiger partial charge in [0.2, 0.25) is 0 Å². The first-order chi connectivity index (χ1) is 15.5. The van der Waals surface area contributed by atoms with E-state index in [-0.39, 0.29) is 5.78 Å². The van der Waals surface area contributed by atoms with E-state index < -0.39 is 0 Å². The van der Waals surface area contributed by atoms with Gasteiger partial charge in [-0.05, 0) is 61.4 Å². The van der Waals surface area contributed by atoms with Gasteiger partial charge < -0.3 is 5.73 Å². The number of Topliss-reactive ketones (excluding diaryl/α,β-unsaturated/α-hetero) is 1. The molecule has 0 aliphatic heterocycles. The van der Waals surface area contributed by atoms with Gasteiger partial charge in [0.05, 0.1) is 5.56 Å². The Labute approximate surface area is 185 Å². The highest BCUT2D eigenvalue weighted by Gasteiger charge is 2.18. The van der Waals surface area contributed by atoms with Crippen LogP contribution in [-0.2, 0) is 0 Å². The van der Waals surface area contributed by atoms with E-state index in [9.17, 15) is 4.79 Å². The van der Waals surface area contributed by atoms with E-state index in [1.807, 2.05) is 84.3 Å². The van der Waals surface area contributed by atoms with E-state index in [4.69, 9.17) is 15.7 Å². The molecule has 0 saturated carbocycles. The molecular weight excluding hydrogens is 398 g/mol. The zero-order valence-corrected chi connectivity index (χ0v) is 17.8. The summed E-state index contributed by atoms with van der Waals surface area (Å²) in [7, 11) is 0. The standard InChI is InChI=1S/C26H21N5O/c1-16-9-14-23-26(29-16)31(25(30-23)22-8-5-15-28-24(22)27)19-12-10-18(11-13-19)21-7-4-3-6-20(21)17(2)32/h3-15H,1-2H3,(H2,27,28). The number of benzene rings is 2. The van der Waals surface area contributed by atoms with Crippen LogP contribution in [0, 0.1) is 6.92 Å². The fourth-order valence-electron chi connectivity index (χ4n) is 3.92. The number of aromatic nitrogens is 4. The molecule has 0 amide bonds. The van der Waals surface area contributed by atoms with E-state index >= 15 is 0 Å². The summed E-state index contributed by atoms with van der Waals surface area (Å²) in [6, 6.07) is 23.3. The lowest BCUT2D eigenvalue weighted by molar-refractivity contribution is 0.101. The van der Waals surface area contributed by atoms with Gasteiger partial charge in [-0.3, -0.25) is 9.36 Å². The Bertz CT molecular complexity index is 1470. The molecule has 5 aromatic rings. The van der Waals surface area contributed by atoms with Gasteiger partial charge in [0.15, 0.2) is 17.3 Å². The van der Waals surface area contributed by atoms with Crippen LogP contribution in [0.4, 0.5) is 5.82 Å². The fourth-order valence-corrected chi connectivity index (χ4v) is 3.92. The average Bonchev–Trinajstić information content (AvgIpc) is 3.17. The Morgan fingerprint density at radius 2 is 1.62 bits per heavy atom. The first kappa shape index (κ1) is 19.6. The van der Waals surface area contributed by atoms with Crippen LogP contribution in [-0.4, -0.2) is 25.3 Å². The maximum Gasteiger partial charge on any atom is 0.165 e. The highest BCUT2D eigenvalue weighted by molar-refractivity contribution is 6.00. The van der Waals surface area contributed by atoms with Crippen molar-refractivity contribution in [1.29, 1.82) is 0 Å². The summed E-state index contributed by atoms with van der Waals surface area (Å²) in [5, 5.41) is 0. The number of aryl methyl sites for hydroxylation is 1. The predicted octanol–water partition coefficient (Wildman–Crippen LogP) is 5.24. The van der Waals surface area contributed by atoms with E-state index in [0.717, 1.165) is 39.2 Å². The summed E-state index contributed by atoms with van der Waals surface area (Å²) in [4.78, 5) is 25.9. The van der Waals surface area contributed by atoms with Crippen molar-refractivity contribution in [2.75, 3.05) is 5.73 Å². The second-order valence-electron chi connectivity index (χ2n) is 7.65. The maximum atomic E-state index is 12.1. The summed E-state index contributed by atoms with van der Waals surface area (Å²) in [5.41, 5.74) is 12.8. The number of anilines is 1. The molecule has 2 N–H and O–H groups in total. The average molecular weight is 419 g/mol. The van der Waals surface area contributed by atoms with Gasteiger partial charge in [-0.25, -0.2) is 15.0 Å². The summed E-state index contributed by atoms with van der Waals surface area (Å²) < 4.78 is 2.00. The topological polar surface area (TPSA) is 86.7 Å². The number of fused-ring (bicyclic) bond motifs is 1. The van der Waals surface area contributed by atoms with Gasteiger partial charge in [0, 0.05) is 23.1 Å². The van der Waals surface area contributed by atoms with Gasteiger partial charge in [0.1, 0.15) is 11.3 Å². The number of pyridine rings is 2. The van der Waals surface area contributed by atoms with Crippen LogP contribution in [0.2, 0.25) is 0 Å². The van der Waals surface area contributed by atoms with Gasteiger partial charge >= 0.3 is 0 Å². The fraction of sp³-hybridized carbons (Fsp3) is 0.0769. The molecule has 0 aliphatic rings. The lowest BCUT2D eigenvalue weighted by atomic mass is 9.97. The SMILES string of the molecule is CC(=O)c1ccccc1-c1ccc(-n2c(-c3cccnc3N)nc3ccc(C)nc32)cc1. The second kappa shape index (κ2) is 7.74. The van der Waals surface area contributed by atoms with Crippen LogP contribution in [0.3, 0.4) is 0 Å². The van der Waals surface area contributed by atoms with Crippen LogP contribution in [0.25, 0.3) is 39.4 Å². The summed E-state index contributed by atoms with van der Waals surface area (Å²) in [6.45, 7) is 3.54. The van der Waals surface area contributed by atoms with Crippen LogP contribution in [0.1, 0.15) is 23.0 Å². The molecule has 6 nitrogen and oxygen atoms in total. The van der Waals surface area contributed by atoms with E-state index in [1.54, 1.807) is 13.1 Å².